The van der Waals surface area contributed by atoms with E-state index in [1.54, 1.807) is 12.1 Å². The summed E-state index contributed by atoms with van der Waals surface area (Å²) in [5.41, 5.74) is 2.62. The Labute approximate surface area is 285 Å². The number of rotatable bonds is 26. The van der Waals surface area contributed by atoms with E-state index in [4.69, 9.17) is 14.2 Å². The maximum absolute atomic E-state index is 12.7. The number of carbonyl (C=O) groups is 1. The monoisotopic (exact) mass is 640 g/mol. The molecule has 0 saturated carbocycles. The van der Waals surface area contributed by atoms with Crippen LogP contribution in [-0.2, 0) is 0 Å². The van der Waals surface area contributed by atoms with Gasteiger partial charge in [0.15, 0.2) is 0 Å². The van der Waals surface area contributed by atoms with E-state index >= 15 is 0 Å². The van der Waals surface area contributed by atoms with Crippen molar-refractivity contribution in [2.24, 2.45) is 0 Å². The minimum atomic E-state index is -0.377. The van der Waals surface area contributed by atoms with Crippen LogP contribution in [-0.4, -0.2) is 19.2 Å². The zero-order chi connectivity index (χ0) is 33.2. The Bertz CT molecular complexity index is 1250. The molecule has 0 aromatic heterocycles. The lowest BCUT2D eigenvalue weighted by Crippen LogP contribution is -2.08. The van der Waals surface area contributed by atoms with Crippen LogP contribution >= 0.6 is 0 Å². The fourth-order valence-electron chi connectivity index (χ4n) is 5.61. The van der Waals surface area contributed by atoms with Gasteiger partial charge in [-0.2, -0.15) is 0 Å². The van der Waals surface area contributed by atoms with E-state index in [0.717, 1.165) is 42.1 Å². The van der Waals surface area contributed by atoms with E-state index in [0.29, 0.717) is 17.9 Å². The molecule has 0 aliphatic rings. The van der Waals surface area contributed by atoms with Gasteiger partial charge in [-0.05, 0) is 72.5 Å². The molecule has 0 fully saturated rings. The number of hydrogen-bond acceptors (Lipinski definition) is 4. The Balaban J connectivity index is 1.31. The van der Waals surface area contributed by atoms with Crippen LogP contribution in [0.5, 0.6) is 17.2 Å². The first-order valence-electron chi connectivity index (χ1n) is 18.6. The molecule has 0 radical (unpaired) electrons. The lowest BCUT2D eigenvalue weighted by Gasteiger charge is -2.08. The summed E-state index contributed by atoms with van der Waals surface area (Å²) in [6.45, 7) is 6.00. The Kier molecular flexibility index (Phi) is 19.9. The van der Waals surface area contributed by atoms with Crippen LogP contribution in [0.1, 0.15) is 151 Å². The summed E-state index contributed by atoms with van der Waals surface area (Å²) in [6.07, 6.45) is 27.6. The maximum atomic E-state index is 12.7. The van der Waals surface area contributed by atoms with Crippen LogP contribution in [0.4, 0.5) is 0 Å². The Morgan fingerprint density at radius 3 is 1.51 bits per heavy atom. The average Bonchev–Trinajstić information content (AvgIpc) is 3.10. The molecule has 3 rings (SSSR count). The van der Waals surface area contributed by atoms with Crippen LogP contribution in [0, 0.1) is 0 Å². The lowest BCUT2D eigenvalue weighted by molar-refractivity contribution is 0.0734. The van der Waals surface area contributed by atoms with Crippen molar-refractivity contribution >= 4 is 18.1 Å². The largest absolute Gasteiger partial charge is 0.494 e. The highest BCUT2D eigenvalue weighted by molar-refractivity contribution is 5.91. The molecule has 0 aliphatic carbocycles. The molecule has 0 aliphatic heterocycles. The third-order valence-corrected chi connectivity index (χ3v) is 8.54. The molecule has 4 heteroatoms. The molecule has 0 amide bonds. The van der Waals surface area contributed by atoms with Gasteiger partial charge in [0.05, 0.1) is 18.8 Å². The third kappa shape index (κ3) is 17.3. The van der Waals surface area contributed by atoms with Crippen LogP contribution in [0.3, 0.4) is 0 Å². The first-order valence-corrected chi connectivity index (χ1v) is 18.6. The molecule has 47 heavy (non-hydrogen) atoms. The molecule has 0 atom stereocenters. The Morgan fingerprint density at radius 1 is 0.489 bits per heavy atom. The van der Waals surface area contributed by atoms with Crippen molar-refractivity contribution in [3.05, 3.63) is 89.5 Å². The summed E-state index contributed by atoms with van der Waals surface area (Å²) in [5, 5.41) is 0. The predicted molar refractivity (Wildman–Crippen MR) is 199 cm³/mol. The fourth-order valence-corrected chi connectivity index (χ4v) is 5.61. The number of esters is 1. The van der Waals surface area contributed by atoms with Crippen molar-refractivity contribution in [3.63, 3.8) is 0 Å². The quantitative estimate of drug-likeness (QED) is 0.0379. The molecule has 4 nitrogen and oxygen atoms in total. The predicted octanol–water partition coefficient (Wildman–Crippen LogP) is 12.9. The van der Waals surface area contributed by atoms with Crippen molar-refractivity contribution in [2.75, 3.05) is 13.2 Å². The molecule has 3 aromatic rings. The number of ether oxygens (including phenoxy) is 3. The molecule has 0 saturated heterocycles. The van der Waals surface area contributed by atoms with Gasteiger partial charge in [0.1, 0.15) is 17.2 Å². The Morgan fingerprint density at radius 2 is 0.957 bits per heavy atom. The molecule has 0 heterocycles. The van der Waals surface area contributed by atoms with E-state index in [9.17, 15) is 4.79 Å². The van der Waals surface area contributed by atoms with Gasteiger partial charge in [0, 0.05) is 0 Å². The van der Waals surface area contributed by atoms with Crippen molar-refractivity contribution in [2.45, 2.75) is 129 Å². The summed E-state index contributed by atoms with van der Waals surface area (Å²) in [4.78, 5) is 12.7. The molecule has 0 spiro atoms. The Hall–Kier alpha value is -3.53. The van der Waals surface area contributed by atoms with Gasteiger partial charge in [-0.25, -0.2) is 4.79 Å². The van der Waals surface area contributed by atoms with Crippen molar-refractivity contribution in [1.82, 2.24) is 0 Å². The van der Waals surface area contributed by atoms with Crippen molar-refractivity contribution in [3.8, 4) is 17.2 Å². The molecular formula is C43H60O4. The van der Waals surface area contributed by atoms with E-state index in [1.165, 1.54) is 103 Å². The van der Waals surface area contributed by atoms with Gasteiger partial charge < -0.3 is 14.2 Å². The van der Waals surface area contributed by atoms with Gasteiger partial charge in [0.25, 0.3) is 0 Å². The highest BCUT2D eigenvalue weighted by Crippen LogP contribution is 2.20. The topological polar surface area (TPSA) is 44.8 Å². The standard InChI is InChI=1S/C43H60O4/c1-3-5-7-9-11-13-14-16-17-19-34-45-40-32-28-39(29-33-40)43(44)47-41-30-26-37(27-31-41)24-25-38-22-21-23-42(36-38)46-35-20-18-15-12-10-8-6-4-2/h21-33,36H,3-20,34-35H2,1-2H3/b25-24+. The van der Waals surface area contributed by atoms with Crippen LogP contribution in [0.15, 0.2) is 72.8 Å². The van der Waals surface area contributed by atoms with Crippen molar-refractivity contribution < 1.29 is 19.0 Å². The smallest absolute Gasteiger partial charge is 0.343 e. The summed E-state index contributed by atoms with van der Waals surface area (Å²) < 4.78 is 17.5. The normalized spacial score (nSPS) is 11.2. The van der Waals surface area contributed by atoms with Gasteiger partial charge >= 0.3 is 5.97 Å². The molecule has 0 bridgehead atoms. The second-order valence-electron chi connectivity index (χ2n) is 12.7. The zero-order valence-corrected chi connectivity index (χ0v) is 29.4. The van der Waals surface area contributed by atoms with E-state index < -0.39 is 0 Å². The fraction of sp³-hybridized carbons (Fsp3) is 0.512. The van der Waals surface area contributed by atoms with Crippen LogP contribution < -0.4 is 14.2 Å². The molecule has 256 valence electrons. The second-order valence-corrected chi connectivity index (χ2v) is 12.7. The van der Waals surface area contributed by atoms with Gasteiger partial charge in [-0.15, -0.1) is 0 Å². The van der Waals surface area contributed by atoms with Crippen LogP contribution in [0.25, 0.3) is 12.2 Å². The van der Waals surface area contributed by atoms with E-state index in [2.05, 4.69) is 38.1 Å². The van der Waals surface area contributed by atoms with Gasteiger partial charge in [-0.3, -0.25) is 0 Å². The SMILES string of the molecule is CCCCCCCCCCCCOc1ccc(C(=O)Oc2ccc(/C=C/c3cccc(OCCCCCCCCCC)c3)cc2)cc1. The number of unbranched alkanes of at least 4 members (excludes halogenated alkanes) is 16. The first-order chi connectivity index (χ1) is 23.2. The number of benzene rings is 3. The van der Waals surface area contributed by atoms with Crippen LogP contribution in [0.2, 0.25) is 0 Å². The second kappa shape index (κ2) is 24.6. The minimum Gasteiger partial charge on any atom is -0.494 e. The summed E-state index contributed by atoms with van der Waals surface area (Å²) in [5.74, 6) is 1.84. The molecule has 3 aromatic carbocycles. The maximum Gasteiger partial charge on any atom is 0.343 e. The summed E-state index contributed by atoms with van der Waals surface area (Å²) >= 11 is 0. The highest BCUT2D eigenvalue weighted by atomic mass is 16.5. The van der Waals surface area contributed by atoms with E-state index in [-0.39, 0.29) is 5.97 Å². The highest BCUT2D eigenvalue weighted by Gasteiger charge is 2.09. The first kappa shape index (κ1) is 37.9. The summed E-state index contributed by atoms with van der Waals surface area (Å²) in [7, 11) is 0. The van der Waals surface area contributed by atoms with Gasteiger partial charge in [-0.1, -0.05) is 153 Å². The molecular weight excluding hydrogens is 580 g/mol. The molecule has 0 N–H and O–H groups in total. The third-order valence-electron chi connectivity index (χ3n) is 8.54. The lowest BCUT2D eigenvalue weighted by atomic mass is 10.1. The summed E-state index contributed by atoms with van der Waals surface area (Å²) in [6, 6.07) is 23.0. The van der Waals surface area contributed by atoms with E-state index in [1.807, 2.05) is 48.5 Å². The number of hydrogen-bond donors (Lipinski definition) is 0. The number of carbonyl (C=O) groups excluding carboxylic acids is 1. The van der Waals surface area contributed by atoms with Gasteiger partial charge in [0.2, 0.25) is 0 Å². The average molecular weight is 641 g/mol. The van der Waals surface area contributed by atoms with Crippen molar-refractivity contribution in [1.29, 1.82) is 0 Å². The molecule has 0 unspecified atom stereocenters. The minimum absolute atomic E-state index is 0.377. The zero-order valence-electron chi connectivity index (χ0n) is 29.4.